The summed E-state index contributed by atoms with van der Waals surface area (Å²) in [6.07, 6.45) is 0.878. The van der Waals surface area contributed by atoms with Gasteiger partial charge in [-0.05, 0) is 30.2 Å². The van der Waals surface area contributed by atoms with Crippen LogP contribution < -0.4 is 14.8 Å². The minimum absolute atomic E-state index is 0.0930. The Kier molecular flexibility index (Phi) is 7.90. The van der Waals surface area contributed by atoms with Gasteiger partial charge in [0.25, 0.3) is 0 Å². The van der Waals surface area contributed by atoms with E-state index in [1.807, 2.05) is 19.2 Å². The molecule has 1 heterocycles. The summed E-state index contributed by atoms with van der Waals surface area (Å²) in [5.41, 5.74) is 3.57. The number of nitrogens with one attached hydrogen (secondary N) is 1. The Hall–Kier alpha value is -2.28. The summed E-state index contributed by atoms with van der Waals surface area (Å²) < 4.78 is 10.8. The molecule has 0 aliphatic heterocycles. The molecule has 29 heavy (non-hydrogen) atoms. The molecular weight excluding hydrogens is 384 g/mol. The van der Waals surface area contributed by atoms with Crippen molar-refractivity contribution in [1.82, 2.24) is 15.2 Å². The molecule has 0 bridgehead atoms. The molecule has 1 aromatic heterocycles. The average molecular weight is 419 g/mol. The van der Waals surface area contributed by atoms with Gasteiger partial charge in [0, 0.05) is 44.4 Å². The number of hydrogen-bond acceptors (Lipinski definition) is 5. The van der Waals surface area contributed by atoms with Crippen molar-refractivity contribution in [1.29, 1.82) is 0 Å². The number of aryl methyl sites for hydroxylation is 1. The van der Waals surface area contributed by atoms with Gasteiger partial charge in [0.2, 0.25) is 0 Å². The zero-order chi connectivity index (χ0) is 21.6. The Balaban J connectivity index is 1.97. The molecule has 160 valence electrons. The number of nitrogens with zero attached hydrogens (tertiary/aromatic N) is 3. The largest absolute Gasteiger partial charge is 0.493 e. The van der Waals surface area contributed by atoms with Crippen LogP contribution in [0.2, 0.25) is 0 Å². The molecule has 0 saturated heterocycles. The van der Waals surface area contributed by atoms with Gasteiger partial charge in [0.15, 0.2) is 17.5 Å². The van der Waals surface area contributed by atoms with E-state index in [1.54, 1.807) is 32.6 Å². The second kappa shape index (κ2) is 9.96. The van der Waals surface area contributed by atoms with Gasteiger partial charge in [-0.15, -0.1) is 11.3 Å². The van der Waals surface area contributed by atoms with Crippen LogP contribution in [-0.2, 0) is 18.4 Å². The van der Waals surface area contributed by atoms with Gasteiger partial charge in [-0.25, -0.2) is 4.98 Å². The van der Waals surface area contributed by atoms with Gasteiger partial charge in [0.05, 0.1) is 24.9 Å². The van der Waals surface area contributed by atoms with E-state index in [0.29, 0.717) is 0 Å². The second-order valence-corrected chi connectivity index (χ2v) is 9.03. The highest BCUT2D eigenvalue weighted by Crippen LogP contribution is 2.30. The van der Waals surface area contributed by atoms with E-state index in [4.69, 9.17) is 14.5 Å². The van der Waals surface area contributed by atoms with E-state index >= 15 is 0 Å². The quantitative estimate of drug-likeness (QED) is 0.544. The number of benzene rings is 1. The topological polar surface area (TPSA) is 59.0 Å². The fourth-order valence-corrected chi connectivity index (χ4v) is 3.98. The minimum Gasteiger partial charge on any atom is -0.493 e. The molecule has 0 fully saturated rings. The van der Waals surface area contributed by atoms with Crippen LogP contribution in [0.5, 0.6) is 11.5 Å². The zero-order valence-corrected chi connectivity index (χ0v) is 19.7. The summed E-state index contributed by atoms with van der Waals surface area (Å²) in [7, 11) is 7.15. The first kappa shape index (κ1) is 23.0. The molecule has 0 spiro atoms. The number of ether oxygens (including phenoxy) is 2. The summed E-state index contributed by atoms with van der Waals surface area (Å²) in [5, 5.41) is 6.76. The number of aliphatic imine (C=N–C) groups is 1. The summed E-state index contributed by atoms with van der Waals surface area (Å²) in [5.74, 6) is 2.34. The molecule has 0 unspecified atom stereocenters. The standard InChI is InChI=1S/C22H34N4O2S/c1-15-11-17(27-7)18(28-8)12-16(15)13-26(6)21(23-5)24-10-9-20-25-19(14-29-20)22(2,3)4/h11-12,14H,9-10,13H2,1-8H3,(H,23,24). The molecule has 2 rings (SSSR count). The minimum atomic E-state index is 0.0930. The number of thiazole rings is 1. The lowest BCUT2D eigenvalue weighted by atomic mass is 9.93. The van der Waals surface area contributed by atoms with Crippen molar-refractivity contribution in [2.45, 2.75) is 46.1 Å². The predicted molar refractivity (Wildman–Crippen MR) is 122 cm³/mol. The Morgan fingerprint density at radius 3 is 2.41 bits per heavy atom. The summed E-state index contributed by atoms with van der Waals surface area (Å²) in [6.45, 7) is 10.2. The monoisotopic (exact) mass is 418 g/mol. The van der Waals surface area contributed by atoms with Gasteiger partial charge >= 0.3 is 0 Å². The molecule has 6 nitrogen and oxygen atoms in total. The van der Waals surface area contributed by atoms with Crippen molar-refractivity contribution in [3.05, 3.63) is 39.3 Å². The fraction of sp³-hybridized carbons (Fsp3) is 0.545. The number of guanidine groups is 1. The molecule has 0 atom stereocenters. The van der Waals surface area contributed by atoms with E-state index in [-0.39, 0.29) is 5.41 Å². The Bertz CT molecular complexity index is 840. The van der Waals surface area contributed by atoms with Crippen LogP contribution in [0, 0.1) is 6.92 Å². The van der Waals surface area contributed by atoms with Crippen LogP contribution in [-0.4, -0.2) is 50.7 Å². The average Bonchev–Trinajstić information content (AvgIpc) is 3.15. The van der Waals surface area contributed by atoms with Gasteiger partial charge in [0.1, 0.15) is 0 Å². The molecule has 0 aliphatic rings. The van der Waals surface area contributed by atoms with Crippen LogP contribution in [0.1, 0.15) is 42.6 Å². The fourth-order valence-electron chi connectivity index (χ4n) is 2.96. The first-order chi connectivity index (χ1) is 13.7. The predicted octanol–water partition coefficient (Wildman–Crippen LogP) is 4.02. The highest BCUT2D eigenvalue weighted by atomic mass is 32.1. The van der Waals surface area contributed by atoms with Crippen LogP contribution in [0.3, 0.4) is 0 Å². The maximum Gasteiger partial charge on any atom is 0.193 e. The van der Waals surface area contributed by atoms with Crippen LogP contribution in [0.15, 0.2) is 22.5 Å². The van der Waals surface area contributed by atoms with Crippen LogP contribution >= 0.6 is 11.3 Å². The van der Waals surface area contributed by atoms with Gasteiger partial charge in [-0.2, -0.15) is 0 Å². The molecule has 0 amide bonds. The smallest absolute Gasteiger partial charge is 0.193 e. The van der Waals surface area contributed by atoms with Crippen molar-refractivity contribution < 1.29 is 9.47 Å². The summed E-state index contributed by atoms with van der Waals surface area (Å²) >= 11 is 1.73. The first-order valence-corrected chi connectivity index (χ1v) is 10.7. The lowest BCUT2D eigenvalue weighted by Gasteiger charge is -2.23. The van der Waals surface area contributed by atoms with Gasteiger partial charge in [-0.1, -0.05) is 20.8 Å². The zero-order valence-electron chi connectivity index (χ0n) is 18.9. The van der Waals surface area contributed by atoms with E-state index in [1.165, 1.54) is 5.56 Å². The van der Waals surface area contributed by atoms with Gasteiger partial charge < -0.3 is 19.7 Å². The highest BCUT2D eigenvalue weighted by molar-refractivity contribution is 7.09. The van der Waals surface area contributed by atoms with Crippen LogP contribution in [0.4, 0.5) is 0 Å². The Labute approximate surface area is 179 Å². The Morgan fingerprint density at radius 2 is 1.86 bits per heavy atom. The molecule has 0 saturated carbocycles. The highest BCUT2D eigenvalue weighted by Gasteiger charge is 2.17. The van der Waals surface area contributed by atoms with E-state index in [0.717, 1.165) is 53.2 Å². The van der Waals surface area contributed by atoms with E-state index in [9.17, 15) is 0 Å². The van der Waals surface area contributed by atoms with Crippen molar-refractivity contribution in [3.63, 3.8) is 0 Å². The SMILES string of the molecule is CN=C(NCCc1nc(C(C)(C)C)cs1)N(C)Cc1cc(OC)c(OC)cc1C. The number of methoxy groups -OCH3 is 2. The van der Waals surface area contributed by atoms with Crippen molar-refractivity contribution >= 4 is 17.3 Å². The van der Waals surface area contributed by atoms with Crippen molar-refractivity contribution in [3.8, 4) is 11.5 Å². The third kappa shape index (κ3) is 6.10. The normalized spacial score (nSPS) is 12.1. The molecule has 2 aromatic rings. The van der Waals surface area contributed by atoms with Crippen molar-refractivity contribution in [2.75, 3.05) is 34.9 Å². The number of aromatic nitrogens is 1. The second-order valence-electron chi connectivity index (χ2n) is 8.09. The van der Waals surface area contributed by atoms with E-state index < -0.39 is 0 Å². The molecule has 1 aromatic carbocycles. The lowest BCUT2D eigenvalue weighted by molar-refractivity contribution is 0.353. The third-order valence-electron chi connectivity index (χ3n) is 4.77. The van der Waals surface area contributed by atoms with Crippen molar-refractivity contribution in [2.24, 2.45) is 4.99 Å². The lowest BCUT2D eigenvalue weighted by Crippen LogP contribution is -2.39. The summed E-state index contributed by atoms with van der Waals surface area (Å²) in [6, 6.07) is 4.04. The number of hydrogen-bond donors (Lipinski definition) is 1. The molecular formula is C22H34N4O2S. The maximum absolute atomic E-state index is 5.44. The third-order valence-corrected chi connectivity index (χ3v) is 5.67. The van der Waals surface area contributed by atoms with E-state index in [2.05, 4.69) is 48.3 Å². The summed E-state index contributed by atoms with van der Waals surface area (Å²) in [4.78, 5) is 11.3. The van der Waals surface area contributed by atoms with Crippen LogP contribution in [0.25, 0.3) is 0 Å². The van der Waals surface area contributed by atoms with Gasteiger partial charge in [-0.3, -0.25) is 4.99 Å². The Morgan fingerprint density at radius 1 is 1.21 bits per heavy atom. The maximum atomic E-state index is 5.44. The molecule has 1 N–H and O–H groups in total. The molecule has 0 aliphatic carbocycles. The first-order valence-electron chi connectivity index (χ1n) is 9.77. The molecule has 7 heteroatoms. The molecule has 0 radical (unpaired) electrons. The number of rotatable bonds is 7.